The molecule has 3 saturated heterocycles. The predicted octanol–water partition coefficient (Wildman–Crippen LogP) is 7.44. The van der Waals surface area contributed by atoms with Gasteiger partial charge < -0.3 is 53.5 Å². The molecule has 15 atom stereocenters. The standard InChI is InChI=1S/C60H96N2O14/c1-39-19-12-10-13-20-40(2)51(74-32-30-63)37-47-24-22-45(7)60(70,76-47)57(67)58(68)62-29-17-14-21-48(62)59(69)75-52(38-49(64)41(3)34-44(6)55(66)56(72-9)54(65)43(5)33-39)42(4)35-46-23-25-50(53(36-46)71-8)73-31-18-28-61-26-15-11-16-27-61/h10,12-13,19-20,34,39,41-43,45-48,50-53,55-56,63,66,70H,11,14-18,21-33,35-38H2,1-9H3/b13-10+,19-12+,40-20+,44-34+/t39-,41-,42-,43-,45?,46+,47+,48+,50-,51?,52+,53-,55-,56+,60-/m1/s1. The largest absolute Gasteiger partial charge is 0.460 e. The minimum absolute atomic E-state index is 0.00631. The molecule has 2 unspecified atom stereocenters. The van der Waals surface area contributed by atoms with Crippen LogP contribution in [0.1, 0.15) is 151 Å². The van der Waals surface area contributed by atoms with Gasteiger partial charge in [0.2, 0.25) is 5.79 Å². The van der Waals surface area contributed by atoms with E-state index in [0.717, 1.165) is 50.9 Å². The summed E-state index contributed by atoms with van der Waals surface area (Å²) >= 11 is 0. The molecule has 16 nitrogen and oxygen atoms in total. The molecule has 5 rings (SSSR count). The number of methoxy groups -OCH3 is 2. The second-order valence-corrected chi connectivity index (χ2v) is 23.0. The third kappa shape index (κ3) is 18.0. The van der Waals surface area contributed by atoms with E-state index in [9.17, 15) is 39.3 Å². The number of rotatable bonds is 13. The van der Waals surface area contributed by atoms with E-state index in [1.165, 1.54) is 31.3 Å². The van der Waals surface area contributed by atoms with Gasteiger partial charge in [-0.25, -0.2) is 4.79 Å². The number of aliphatic hydroxyl groups is 3. The zero-order valence-electron chi connectivity index (χ0n) is 47.5. The molecule has 1 amide bonds. The van der Waals surface area contributed by atoms with Gasteiger partial charge >= 0.3 is 5.97 Å². The van der Waals surface area contributed by atoms with E-state index in [4.69, 9.17) is 28.4 Å². The normalized spacial score (nSPS) is 37.8. The van der Waals surface area contributed by atoms with E-state index in [1.807, 2.05) is 58.1 Å². The summed E-state index contributed by atoms with van der Waals surface area (Å²) in [7, 11) is 3.10. The summed E-state index contributed by atoms with van der Waals surface area (Å²) in [6, 6.07) is -1.15. The van der Waals surface area contributed by atoms with E-state index in [0.29, 0.717) is 50.7 Å². The fourth-order valence-corrected chi connectivity index (χ4v) is 12.1. The van der Waals surface area contributed by atoms with Crippen molar-refractivity contribution in [2.75, 3.05) is 60.2 Å². The minimum Gasteiger partial charge on any atom is -0.460 e. The Labute approximate surface area is 454 Å². The fourth-order valence-electron chi connectivity index (χ4n) is 12.1. The van der Waals surface area contributed by atoms with Crippen molar-refractivity contribution >= 4 is 29.2 Å². The summed E-state index contributed by atoms with van der Waals surface area (Å²) in [5.41, 5.74) is 1.20. The van der Waals surface area contributed by atoms with Crippen molar-refractivity contribution in [1.29, 1.82) is 0 Å². The number of nitrogens with zero attached hydrogens (tertiary/aromatic N) is 2. The molecular formula is C60H96N2O14. The van der Waals surface area contributed by atoms with Crippen molar-refractivity contribution in [2.45, 2.75) is 206 Å². The molecule has 5 aliphatic rings. The SMILES string of the molecule is CO[C@@H]1C[C@H](C[C@@H](C)[C@@H]2CC(=O)[C@H](C)/C=C(\C)[C@@H](O)[C@@H](OC)C(=O)[C@H](C)C[C@H](C)/C=C/C=C/C=C(\C)C(OCCO)C[C@@H]3CCC(C)[C@@](O)(O3)C(=O)C(=O)N3CCCC[C@H]3C(=O)O2)CC[C@H]1OCCCN1CCCCC1. The second-order valence-electron chi connectivity index (χ2n) is 23.0. The number of aliphatic hydroxyl groups excluding tert-OH is 2. The number of piperidine rings is 2. The molecule has 0 aromatic carbocycles. The molecule has 1 aliphatic carbocycles. The second kappa shape index (κ2) is 31.4. The number of Topliss-reactive ketones (excluding diaryl/α,β-unsaturated/α-hetero) is 3. The van der Waals surface area contributed by atoms with E-state index < -0.39 is 77.8 Å². The van der Waals surface area contributed by atoms with Crippen molar-refractivity contribution in [1.82, 2.24) is 9.80 Å². The van der Waals surface area contributed by atoms with Crippen LogP contribution in [0.4, 0.5) is 0 Å². The molecule has 430 valence electrons. The van der Waals surface area contributed by atoms with Gasteiger partial charge in [-0.15, -0.1) is 0 Å². The zero-order valence-corrected chi connectivity index (χ0v) is 47.5. The number of allylic oxidation sites excluding steroid dienone is 6. The van der Waals surface area contributed by atoms with Crippen molar-refractivity contribution in [3.63, 3.8) is 0 Å². The maximum absolute atomic E-state index is 14.6. The first kappa shape index (κ1) is 63.4. The Morgan fingerprint density at radius 3 is 2.25 bits per heavy atom. The maximum atomic E-state index is 14.6. The number of likely N-dealkylation sites (tertiary alicyclic amines) is 1. The minimum atomic E-state index is -2.48. The molecule has 0 aromatic heterocycles. The highest BCUT2D eigenvalue weighted by molar-refractivity contribution is 6.39. The third-order valence-corrected chi connectivity index (χ3v) is 17.0. The Bertz CT molecular complexity index is 2000. The van der Waals surface area contributed by atoms with Gasteiger partial charge in [0, 0.05) is 64.5 Å². The van der Waals surface area contributed by atoms with Crippen LogP contribution in [0.15, 0.2) is 47.6 Å². The average Bonchev–Trinajstić information content (AvgIpc) is 3.43. The van der Waals surface area contributed by atoms with Gasteiger partial charge in [0.05, 0.1) is 37.6 Å². The number of hydrogen-bond acceptors (Lipinski definition) is 15. The van der Waals surface area contributed by atoms with Crippen LogP contribution in [-0.4, -0.2) is 169 Å². The first-order valence-electron chi connectivity index (χ1n) is 28.8. The molecule has 3 N–H and O–H groups in total. The highest BCUT2D eigenvalue weighted by Gasteiger charge is 2.53. The van der Waals surface area contributed by atoms with Gasteiger partial charge in [0.15, 0.2) is 5.78 Å². The lowest BCUT2D eigenvalue weighted by Crippen LogP contribution is -2.61. The summed E-state index contributed by atoms with van der Waals surface area (Å²) in [4.78, 5) is 75.4. The fraction of sp³-hybridized carbons (Fsp3) is 0.783. The van der Waals surface area contributed by atoms with E-state index in [1.54, 1.807) is 34.0 Å². The molecule has 4 aliphatic heterocycles. The molecule has 4 fully saturated rings. The molecule has 0 spiro atoms. The van der Waals surface area contributed by atoms with E-state index in [-0.39, 0.29) is 80.5 Å². The molecule has 4 heterocycles. The molecule has 2 bridgehead atoms. The number of esters is 1. The van der Waals surface area contributed by atoms with E-state index in [2.05, 4.69) is 4.90 Å². The number of carbonyl (C=O) groups is 5. The van der Waals surface area contributed by atoms with E-state index >= 15 is 0 Å². The highest BCUT2D eigenvalue weighted by Crippen LogP contribution is 2.38. The number of amides is 1. The van der Waals surface area contributed by atoms with Crippen LogP contribution in [0.2, 0.25) is 0 Å². The number of ketones is 3. The highest BCUT2D eigenvalue weighted by atomic mass is 16.6. The Morgan fingerprint density at radius 2 is 1.54 bits per heavy atom. The van der Waals surface area contributed by atoms with Crippen LogP contribution in [0, 0.1) is 35.5 Å². The summed E-state index contributed by atoms with van der Waals surface area (Å²) in [6.07, 6.45) is 16.8. The first-order valence-corrected chi connectivity index (χ1v) is 28.8. The Kier molecular flexibility index (Phi) is 26.2. The Hall–Kier alpha value is -3.45. The topological polar surface area (TPSA) is 208 Å². The molecule has 1 saturated carbocycles. The van der Waals surface area contributed by atoms with Crippen molar-refractivity contribution < 1.29 is 67.7 Å². The Balaban J connectivity index is 1.42. The molecule has 76 heavy (non-hydrogen) atoms. The molecular weight excluding hydrogens is 973 g/mol. The Morgan fingerprint density at radius 1 is 0.803 bits per heavy atom. The van der Waals surface area contributed by atoms with Gasteiger partial charge in [0.25, 0.3) is 11.7 Å². The van der Waals surface area contributed by atoms with Gasteiger partial charge in [-0.05, 0) is 139 Å². The van der Waals surface area contributed by atoms with Crippen molar-refractivity contribution in [3.8, 4) is 0 Å². The lowest BCUT2D eigenvalue weighted by atomic mass is 9.78. The molecule has 16 heteroatoms. The van der Waals surface area contributed by atoms with Crippen LogP contribution in [0.25, 0.3) is 0 Å². The summed E-state index contributed by atoms with van der Waals surface area (Å²) < 4.78 is 36.7. The number of ether oxygens (including phenoxy) is 6. The average molecular weight is 1070 g/mol. The molecule has 0 radical (unpaired) electrons. The van der Waals surface area contributed by atoms with Gasteiger partial charge in [-0.2, -0.15) is 0 Å². The van der Waals surface area contributed by atoms with Crippen LogP contribution < -0.4 is 0 Å². The predicted molar refractivity (Wildman–Crippen MR) is 290 cm³/mol. The quantitative estimate of drug-likeness (QED) is 0.0709. The summed E-state index contributed by atoms with van der Waals surface area (Å²) in [6.45, 7) is 16.6. The number of hydrogen-bond donors (Lipinski definition) is 3. The van der Waals surface area contributed by atoms with Crippen molar-refractivity contribution in [3.05, 3.63) is 47.6 Å². The number of carbonyl (C=O) groups excluding carboxylic acids is 5. The van der Waals surface area contributed by atoms with Crippen LogP contribution in [0.3, 0.4) is 0 Å². The maximum Gasteiger partial charge on any atom is 0.329 e. The van der Waals surface area contributed by atoms with Crippen LogP contribution >= 0.6 is 0 Å². The first-order chi connectivity index (χ1) is 36.3. The van der Waals surface area contributed by atoms with Gasteiger partial charge in [0.1, 0.15) is 30.1 Å². The number of cyclic esters (lactones) is 1. The van der Waals surface area contributed by atoms with Crippen LogP contribution in [0.5, 0.6) is 0 Å². The smallest absolute Gasteiger partial charge is 0.329 e. The third-order valence-electron chi connectivity index (χ3n) is 17.0. The molecule has 0 aromatic rings. The van der Waals surface area contributed by atoms with Gasteiger partial charge in [-0.1, -0.05) is 77.5 Å². The monoisotopic (exact) mass is 1070 g/mol. The number of fused-ring (bicyclic) bond motifs is 3. The van der Waals surface area contributed by atoms with Crippen LogP contribution in [-0.2, 0) is 52.4 Å². The van der Waals surface area contributed by atoms with Crippen molar-refractivity contribution in [2.24, 2.45) is 35.5 Å². The van der Waals surface area contributed by atoms with Gasteiger partial charge in [-0.3, -0.25) is 19.2 Å². The zero-order chi connectivity index (χ0) is 55.5. The lowest BCUT2D eigenvalue weighted by molar-refractivity contribution is -0.266. The summed E-state index contributed by atoms with van der Waals surface area (Å²) in [5.74, 6) is -8.00. The summed E-state index contributed by atoms with van der Waals surface area (Å²) in [5, 5.41) is 33.4. The lowest BCUT2D eigenvalue weighted by Gasteiger charge is -2.43.